The van der Waals surface area contributed by atoms with Gasteiger partial charge in [-0.25, -0.2) is 4.98 Å². The summed E-state index contributed by atoms with van der Waals surface area (Å²) in [5.41, 5.74) is 1.63. The Morgan fingerprint density at radius 1 is 1.33 bits per heavy atom. The number of anilines is 1. The molecule has 0 fully saturated rings. The van der Waals surface area contributed by atoms with E-state index in [1.165, 1.54) is 4.88 Å². The van der Waals surface area contributed by atoms with Gasteiger partial charge in [0.25, 0.3) is 5.91 Å². The van der Waals surface area contributed by atoms with Gasteiger partial charge in [-0.2, -0.15) is 0 Å². The van der Waals surface area contributed by atoms with Crippen LogP contribution in [-0.2, 0) is 13.0 Å². The molecule has 1 aliphatic rings. The highest BCUT2D eigenvalue weighted by atomic mass is 127. The first-order chi connectivity index (χ1) is 11.5. The van der Waals surface area contributed by atoms with Crippen molar-refractivity contribution in [2.45, 2.75) is 13.0 Å². The molecule has 0 radical (unpaired) electrons. The number of ether oxygens (including phenoxy) is 2. The number of benzene rings is 1. The molecule has 1 aliphatic heterocycles. The molecule has 8 heteroatoms. The number of thiazole rings is 1. The first-order valence-corrected chi connectivity index (χ1v) is 9.31. The van der Waals surface area contributed by atoms with Crippen molar-refractivity contribution >= 4 is 45.0 Å². The molecule has 0 spiro atoms. The summed E-state index contributed by atoms with van der Waals surface area (Å²) in [6.07, 6.45) is 0.923. The largest absolute Gasteiger partial charge is 0.493 e. The molecule has 6 nitrogen and oxygen atoms in total. The number of amides is 1. The maximum Gasteiger partial charge on any atom is 0.258 e. The monoisotopic (exact) mass is 459 g/mol. The lowest BCUT2D eigenvalue weighted by molar-refractivity contribution is 0.102. The molecular weight excluding hydrogens is 441 g/mol. The number of fused-ring (bicyclic) bond motifs is 1. The zero-order valence-corrected chi connectivity index (χ0v) is 16.7. The standard InChI is InChI=1S/C16H18IN3O3S/c1-20-5-4-11-14(8-20)24-16(18-11)19-15(21)9-6-12(22-2)13(23-3)7-10(9)17/h6-7H,4-5,8H2,1-3H3,(H,18,19,21). The third kappa shape index (κ3) is 3.50. The van der Waals surface area contributed by atoms with E-state index >= 15 is 0 Å². The van der Waals surface area contributed by atoms with Gasteiger partial charge < -0.3 is 14.4 Å². The Labute approximate surface area is 158 Å². The number of likely N-dealkylation sites (N-methyl/N-ethyl adjacent to an activating group) is 1. The van der Waals surface area contributed by atoms with Crippen molar-refractivity contribution in [2.24, 2.45) is 0 Å². The average Bonchev–Trinajstić information content (AvgIpc) is 2.95. The van der Waals surface area contributed by atoms with Crippen molar-refractivity contribution in [3.05, 3.63) is 31.8 Å². The van der Waals surface area contributed by atoms with Gasteiger partial charge in [0, 0.05) is 28.0 Å². The van der Waals surface area contributed by atoms with Gasteiger partial charge in [0.1, 0.15) is 0 Å². The molecule has 24 heavy (non-hydrogen) atoms. The van der Waals surface area contributed by atoms with Crippen molar-refractivity contribution in [2.75, 3.05) is 33.1 Å². The number of carbonyl (C=O) groups is 1. The summed E-state index contributed by atoms with van der Waals surface area (Å²) in [6.45, 7) is 1.88. The fourth-order valence-corrected chi connectivity index (χ4v) is 4.34. The van der Waals surface area contributed by atoms with E-state index < -0.39 is 0 Å². The molecule has 1 aromatic carbocycles. The summed E-state index contributed by atoms with van der Waals surface area (Å²) in [5, 5.41) is 3.55. The Morgan fingerprint density at radius 2 is 2.04 bits per heavy atom. The molecule has 1 amide bonds. The number of nitrogens with zero attached hydrogens (tertiary/aromatic N) is 2. The molecule has 0 saturated heterocycles. The van der Waals surface area contributed by atoms with E-state index in [1.54, 1.807) is 37.7 Å². The summed E-state index contributed by atoms with van der Waals surface area (Å²) in [6, 6.07) is 3.48. The highest BCUT2D eigenvalue weighted by Crippen LogP contribution is 2.32. The van der Waals surface area contributed by atoms with Crippen LogP contribution in [0.3, 0.4) is 0 Å². The topological polar surface area (TPSA) is 63.7 Å². The lowest BCUT2D eigenvalue weighted by Gasteiger charge is -2.20. The highest BCUT2D eigenvalue weighted by molar-refractivity contribution is 14.1. The van der Waals surface area contributed by atoms with Crippen molar-refractivity contribution < 1.29 is 14.3 Å². The van der Waals surface area contributed by atoms with Gasteiger partial charge in [-0.05, 0) is 41.8 Å². The quantitative estimate of drug-likeness (QED) is 0.713. The number of aromatic nitrogens is 1. The van der Waals surface area contributed by atoms with Crippen LogP contribution in [0.5, 0.6) is 11.5 Å². The van der Waals surface area contributed by atoms with Crippen LogP contribution in [0.25, 0.3) is 0 Å². The lowest BCUT2D eigenvalue weighted by Crippen LogP contribution is -2.25. The zero-order chi connectivity index (χ0) is 17.3. The summed E-state index contributed by atoms with van der Waals surface area (Å²) in [4.78, 5) is 20.7. The first kappa shape index (κ1) is 17.4. The fraction of sp³-hybridized carbons (Fsp3) is 0.375. The molecule has 0 atom stereocenters. The summed E-state index contributed by atoms with van der Waals surface area (Å²) < 4.78 is 11.3. The minimum Gasteiger partial charge on any atom is -0.493 e. The Morgan fingerprint density at radius 3 is 2.75 bits per heavy atom. The summed E-state index contributed by atoms with van der Waals surface area (Å²) in [7, 11) is 5.22. The normalized spacial score (nSPS) is 14.2. The lowest BCUT2D eigenvalue weighted by atomic mass is 10.2. The average molecular weight is 459 g/mol. The Hall–Kier alpha value is -1.39. The van der Waals surface area contributed by atoms with Crippen LogP contribution in [0.4, 0.5) is 5.13 Å². The van der Waals surface area contributed by atoms with E-state index in [0.717, 1.165) is 28.8 Å². The van der Waals surface area contributed by atoms with Gasteiger partial charge in [-0.15, -0.1) is 11.3 Å². The van der Waals surface area contributed by atoms with Gasteiger partial charge in [0.15, 0.2) is 16.6 Å². The third-order valence-corrected chi connectivity index (χ3v) is 5.75. The zero-order valence-electron chi connectivity index (χ0n) is 13.7. The van der Waals surface area contributed by atoms with Crippen molar-refractivity contribution in [3.63, 3.8) is 0 Å². The minimum atomic E-state index is -0.195. The van der Waals surface area contributed by atoms with Crippen molar-refractivity contribution in [1.29, 1.82) is 0 Å². The Bertz CT molecular complexity index is 778. The molecule has 1 N–H and O–H groups in total. The molecule has 0 unspecified atom stereocenters. The van der Waals surface area contributed by atoms with Crippen LogP contribution in [0.15, 0.2) is 12.1 Å². The van der Waals surface area contributed by atoms with Gasteiger partial charge in [-0.1, -0.05) is 0 Å². The molecule has 0 saturated carbocycles. The summed E-state index contributed by atoms with van der Waals surface area (Å²) >= 11 is 3.66. The van der Waals surface area contributed by atoms with Crippen LogP contribution in [-0.4, -0.2) is 43.6 Å². The maximum atomic E-state index is 12.6. The Kier molecular flexibility index (Phi) is 5.26. The van der Waals surface area contributed by atoms with Crippen molar-refractivity contribution in [1.82, 2.24) is 9.88 Å². The molecule has 0 bridgehead atoms. The molecule has 2 heterocycles. The second kappa shape index (κ2) is 7.24. The van der Waals surface area contributed by atoms with Gasteiger partial charge in [0.2, 0.25) is 0 Å². The van der Waals surface area contributed by atoms with Crippen LogP contribution in [0, 0.1) is 3.57 Å². The molecule has 0 aliphatic carbocycles. The second-order valence-electron chi connectivity index (χ2n) is 5.52. The number of hydrogen-bond donors (Lipinski definition) is 1. The van der Waals surface area contributed by atoms with E-state index in [2.05, 4.69) is 44.8 Å². The predicted octanol–water partition coefficient (Wildman–Crippen LogP) is 3.01. The van der Waals surface area contributed by atoms with Gasteiger partial charge in [0.05, 0.1) is 25.5 Å². The van der Waals surface area contributed by atoms with Gasteiger partial charge in [-0.3, -0.25) is 10.1 Å². The number of carbonyl (C=O) groups excluding carboxylic acids is 1. The minimum absolute atomic E-state index is 0.195. The molecule has 1 aromatic heterocycles. The molecule has 2 aromatic rings. The smallest absolute Gasteiger partial charge is 0.258 e. The predicted molar refractivity (Wildman–Crippen MR) is 102 cm³/mol. The summed E-state index contributed by atoms with van der Waals surface area (Å²) in [5.74, 6) is 0.939. The van der Waals surface area contributed by atoms with Crippen LogP contribution in [0.2, 0.25) is 0 Å². The van der Waals surface area contributed by atoms with Gasteiger partial charge >= 0.3 is 0 Å². The first-order valence-electron chi connectivity index (χ1n) is 7.41. The Balaban J connectivity index is 1.83. The number of halogens is 1. The number of hydrogen-bond acceptors (Lipinski definition) is 6. The van der Waals surface area contributed by atoms with Crippen molar-refractivity contribution in [3.8, 4) is 11.5 Å². The second-order valence-corrected chi connectivity index (χ2v) is 7.76. The molecule has 128 valence electrons. The molecular formula is C16H18IN3O3S. The van der Waals surface area contributed by atoms with Crippen LogP contribution < -0.4 is 14.8 Å². The van der Waals surface area contributed by atoms with E-state index in [9.17, 15) is 4.79 Å². The highest BCUT2D eigenvalue weighted by Gasteiger charge is 2.21. The maximum absolute atomic E-state index is 12.6. The number of rotatable bonds is 4. The van der Waals surface area contributed by atoms with E-state index in [4.69, 9.17) is 9.47 Å². The number of methoxy groups -OCH3 is 2. The SMILES string of the molecule is COc1cc(I)c(C(=O)Nc2nc3c(s2)CN(C)CC3)cc1OC. The van der Waals surface area contributed by atoms with E-state index in [-0.39, 0.29) is 5.91 Å². The van der Waals surface area contributed by atoms with Crippen LogP contribution >= 0.6 is 33.9 Å². The molecule has 3 rings (SSSR count). The van der Waals surface area contributed by atoms with Crippen LogP contribution in [0.1, 0.15) is 20.9 Å². The third-order valence-electron chi connectivity index (χ3n) is 3.86. The number of nitrogens with one attached hydrogen (secondary N) is 1. The van der Waals surface area contributed by atoms with E-state index in [0.29, 0.717) is 22.2 Å². The fourth-order valence-electron chi connectivity index (χ4n) is 2.57. The van der Waals surface area contributed by atoms with E-state index in [1.807, 2.05) is 0 Å².